The minimum Gasteiger partial charge on any atom is -0.444 e. The van der Waals surface area contributed by atoms with Crippen molar-refractivity contribution in [2.75, 3.05) is 6.54 Å². The van der Waals surface area contributed by atoms with Crippen LogP contribution in [0.2, 0.25) is 0 Å². The van der Waals surface area contributed by atoms with E-state index in [9.17, 15) is 14.9 Å². The van der Waals surface area contributed by atoms with Crippen LogP contribution < -0.4 is 11.1 Å². The molecule has 1 amide bonds. The van der Waals surface area contributed by atoms with Gasteiger partial charge in [0.15, 0.2) is 0 Å². The lowest BCUT2D eigenvalue weighted by Crippen LogP contribution is -2.41. The SMILES string of the molecule is CC(C)(C)OC(=O)NCC(N)Cc1[nH]ncc1[N+](=O)[O-]. The zero-order chi connectivity index (χ0) is 15.3. The second kappa shape index (κ2) is 6.33. The van der Waals surface area contributed by atoms with Crippen LogP contribution in [-0.4, -0.2) is 39.4 Å². The fourth-order valence-corrected chi connectivity index (χ4v) is 1.48. The number of alkyl carbamates (subject to hydrolysis) is 1. The molecule has 1 unspecified atom stereocenters. The molecule has 1 aromatic heterocycles. The molecule has 1 atom stereocenters. The molecule has 0 aliphatic heterocycles. The molecule has 0 aliphatic carbocycles. The van der Waals surface area contributed by atoms with E-state index in [1.54, 1.807) is 20.8 Å². The van der Waals surface area contributed by atoms with E-state index in [0.29, 0.717) is 5.69 Å². The Labute approximate surface area is 116 Å². The molecular formula is C11H19N5O4. The van der Waals surface area contributed by atoms with Crippen LogP contribution in [0.15, 0.2) is 6.20 Å². The molecule has 1 heterocycles. The number of nitrogens with one attached hydrogen (secondary N) is 2. The van der Waals surface area contributed by atoms with Gasteiger partial charge in [-0.25, -0.2) is 4.79 Å². The van der Waals surface area contributed by atoms with Gasteiger partial charge in [-0.15, -0.1) is 0 Å². The summed E-state index contributed by atoms with van der Waals surface area (Å²) in [6.45, 7) is 5.40. The monoisotopic (exact) mass is 285 g/mol. The molecule has 0 saturated heterocycles. The third kappa shape index (κ3) is 5.22. The van der Waals surface area contributed by atoms with Crippen LogP contribution >= 0.6 is 0 Å². The number of nitrogens with zero attached hydrogens (tertiary/aromatic N) is 2. The molecule has 112 valence electrons. The highest BCUT2D eigenvalue weighted by atomic mass is 16.6. The fourth-order valence-electron chi connectivity index (χ4n) is 1.48. The van der Waals surface area contributed by atoms with Crippen molar-refractivity contribution < 1.29 is 14.5 Å². The zero-order valence-electron chi connectivity index (χ0n) is 11.7. The lowest BCUT2D eigenvalue weighted by atomic mass is 10.1. The Hall–Kier alpha value is -2.16. The van der Waals surface area contributed by atoms with Crippen molar-refractivity contribution in [3.05, 3.63) is 22.0 Å². The molecule has 4 N–H and O–H groups in total. The molecule has 0 bridgehead atoms. The Morgan fingerprint density at radius 2 is 2.30 bits per heavy atom. The van der Waals surface area contributed by atoms with Crippen LogP contribution in [-0.2, 0) is 11.2 Å². The minimum atomic E-state index is -0.587. The van der Waals surface area contributed by atoms with Gasteiger partial charge in [-0.1, -0.05) is 0 Å². The molecule has 0 radical (unpaired) electrons. The van der Waals surface area contributed by atoms with Gasteiger partial charge in [0, 0.05) is 19.0 Å². The van der Waals surface area contributed by atoms with E-state index in [1.165, 1.54) is 0 Å². The number of hydrogen-bond acceptors (Lipinski definition) is 6. The number of aromatic amines is 1. The van der Waals surface area contributed by atoms with Gasteiger partial charge in [-0.05, 0) is 20.8 Å². The molecule has 1 aromatic rings. The second-order valence-corrected chi connectivity index (χ2v) is 5.34. The minimum absolute atomic E-state index is 0.113. The lowest BCUT2D eigenvalue weighted by Gasteiger charge is -2.20. The summed E-state index contributed by atoms with van der Waals surface area (Å²) < 4.78 is 5.05. The average molecular weight is 285 g/mol. The van der Waals surface area contributed by atoms with Gasteiger partial charge in [0.25, 0.3) is 0 Å². The number of hydrogen-bond donors (Lipinski definition) is 3. The van der Waals surface area contributed by atoms with Gasteiger partial charge in [0.05, 0.1) is 4.92 Å². The number of ether oxygens (including phenoxy) is 1. The third-order valence-corrected chi connectivity index (χ3v) is 2.27. The predicted molar refractivity (Wildman–Crippen MR) is 71.2 cm³/mol. The van der Waals surface area contributed by atoms with E-state index < -0.39 is 22.7 Å². The first-order chi connectivity index (χ1) is 9.19. The summed E-state index contributed by atoms with van der Waals surface area (Å²) in [7, 11) is 0. The van der Waals surface area contributed by atoms with Crippen LogP contribution in [0.5, 0.6) is 0 Å². The van der Waals surface area contributed by atoms with Gasteiger partial charge in [-0.3, -0.25) is 15.2 Å². The van der Waals surface area contributed by atoms with Gasteiger partial charge in [0.1, 0.15) is 17.5 Å². The molecule has 0 spiro atoms. The van der Waals surface area contributed by atoms with Gasteiger partial charge in [0.2, 0.25) is 0 Å². The molecule has 0 fully saturated rings. The zero-order valence-corrected chi connectivity index (χ0v) is 11.7. The number of rotatable bonds is 5. The number of carbonyl (C=O) groups is 1. The Morgan fingerprint density at radius 3 is 2.85 bits per heavy atom. The molecule has 20 heavy (non-hydrogen) atoms. The molecule has 0 aromatic carbocycles. The molecule has 9 nitrogen and oxygen atoms in total. The normalized spacial score (nSPS) is 12.8. The number of H-pyrrole nitrogens is 1. The summed E-state index contributed by atoms with van der Waals surface area (Å²) in [5.74, 6) is 0. The smallest absolute Gasteiger partial charge is 0.407 e. The van der Waals surface area contributed by atoms with Crippen LogP contribution in [0.4, 0.5) is 10.5 Å². The van der Waals surface area contributed by atoms with Crippen LogP contribution in [0.25, 0.3) is 0 Å². The van der Waals surface area contributed by atoms with Gasteiger partial charge < -0.3 is 15.8 Å². The van der Waals surface area contributed by atoms with Gasteiger partial charge >= 0.3 is 11.8 Å². The number of nitrogens with two attached hydrogens (primary N) is 1. The van der Waals surface area contributed by atoms with E-state index in [4.69, 9.17) is 10.5 Å². The van der Waals surface area contributed by atoms with Crippen molar-refractivity contribution >= 4 is 11.8 Å². The highest BCUT2D eigenvalue weighted by molar-refractivity contribution is 5.67. The molecule has 9 heteroatoms. The van der Waals surface area contributed by atoms with Crippen LogP contribution in [0.3, 0.4) is 0 Å². The standard InChI is InChI=1S/C11H19N5O4/c1-11(2,3)20-10(17)13-5-7(12)4-8-9(16(18)19)6-14-15-8/h6-7H,4-5,12H2,1-3H3,(H,13,17)(H,14,15). The first-order valence-electron chi connectivity index (χ1n) is 6.08. The van der Waals surface area contributed by atoms with Crippen molar-refractivity contribution in [2.45, 2.75) is 38.8 Å². The Morgan fingerprint density at radius 1 is 1.65 bits per heavy atom. The van der Waals surface area contributed by atoms with Crippen LogP contribution in [0.1, 0.15) is 26.5 Å². The summed E-state index contributed by atoms with van der Waals surface area (Å²) >= 11 is 0. The van der Waals surface area contributed by atoms with E-state index in [2.05, 4.69) is 15.5 Å². The third-order valence-electron chi connectivity index (χ3n) is 2.27. The molecular weight excluding hydrogens is 266 g/mol. The Balaban J connectivity index is 2.44. The van der Waals surface area contributed by atoms with Crippen molar-refractivity contribution in [1.82, 2.24) is 15.5 Å². The topological polar surface area (TPSA) is 136 Å². The number of carbonyl (C=O) groups excluding carboxylic acids is 1. The maximum atomic E-state index is 11.4. The average Bonchev–Trinajstić information content (AvgIpc) is 2.72. The Bertz CT molecular complexity index is 479. The number of nitro groups is 1. The van der Waals surface area contributed by atoms with Crippen LogP contribution in [0, 0.1) is 10.1 Å². The van der Waals surface area contributed by atoms with E-state index in [0.717, 1.165) is 6.20 Å². The maximum absolute atomic E-state index is 11.4. The van der Waals surface area contributed by atoms with E-state index in [1.807, 2.05) is 0 Å². The van der Waals surface area contributed by atoms with Crippen molar-refractivity contribution in [2.24, 2.45) is 5.73 Å². The number of aromatic nitrogens is 2. The lowest BCUT2D eigenvalue weighted by molar-refractivity contribution is -0.385. The van der Waals surface area contributed by atoms with Crippen molar-refractivity contribution in [3.63, 3.8) is 0 Å². The summed E-state index contributed by atoms with van der Waals surface area (Å²) in [6.07, 6.45) is 0.752. The number of amides is 1. The predicted octanol–water partition coefficient (Wildman–Crippen LogP) is 0.712. The second-order valence-electron chi connectivity index (χ2n) is 5.34. The quantitative estimate of drug-likeness (QED) is 0.538. The highest BCUT2D eigenvalue weighted by Gasteiger charge is 2.20. The molecule has 0 aliphatic rings. The summed E-state index contributed by atoms with van der Waals surface area (Å²) in [4.78, 5) is 21.6. The summed E-state index contributed by atoms with van der Waals surface area (Å²) in [6, 6.07) is -0.485. The largest absolute Gasteiger partial charge is 0.444 e. The summed E-state index contributed by atoms with van der Waals surface area (Å²) in [5, 5.41) is 19.3. The van der Waals surface area contributed by atoms with Crippen molar-refractivity contribution in [3.8, 4) is 0 Å². The first kappa shape index (κ1) is 15.9. The van der Waals surface area contributed by atoms with Crippen molar-refractivity contribution in [1.29, 1.82) is 0 Å². The molecule has 1 rings (SSSR count). The Kier molecular flexibility index (Phi) is 5.03. The molecule has 0 saturated carbocycles. The first-order valence-corrected chi connectivity index (χ1v) is 6.08. The highest BCUT2D eigenvalue weighted by Crippen LogP contribution is 2.15. The van der Waals surface area contributed by atoms with E-state index >= 15 is 0 Å². The maximum Gasteiger partial charge on any atom is 0.407 e. The van der Waals surface area contributed by atoms with Gasteiger partial charge in [-0.2, -0.15) is 5.10 Å². The fraction of sp³-hybridized carbons (Fsp3) is 0.636. The summed E-state index contributed by atoms with van der Waals surface area (Å²) in [5.41, 5.74) is 5.43. The van der Waals surface area contributed by atoms with E-state index in [-0.39, 0.29) is 18.7 Å².